The lowest BCUT2D eigenvalue weighted by atomic mass is 10.1. The fourth-order valence-electron chi connectivity index (χ4n) is 2.60. The zero-order chi connectivity index (χ0) is 14.4. The Morgan fingerprint density at radius 1 is 0.750 bits per heavy atom. The molecule has 2 rings (SSSR count). The minimum absolute atomic E-state index is 1.00. The summed E-state index contributed by atoms with van der Waals surface area (Å²) in [6, 6.07) is 16.4. The van der Waals surface area contributed by atoms with E-state index in [1.54, 1.807) is 0 Å². The number of hydrogen-bond acceptors (Lipinski definition) is 1. The summed E-state index contributed by atoms with van der Waals surface area (Å²) >= 11 is 0. The second-order valence-corrected chi connectivity index (χ2v) is 6.88. The summed E-state index contributed by atoms with van der Waals surface area (Å²) in [4.78, 5) is 0. The number of benzene rings is 2. The number of rotatable bonds is 6. The van der Waals surface area contributed by atoms with E-state index in [0.29, 0.717) is 0 Å². The molecule has 0 saturated carbocycles. The van der Waals surface area contributed by atoms with Crippen LogP contribution in [0.15, 0.2) is 48.5 Å². The zero-order valence-corrected chi connectivity index (χ0v) is 13.4. The van der Waals surface area contributed by atoms with Crippen LogP contribution in [0.5, 0.6) is 0 Å². The Bertz CT molecular complexity index is 538. The lowest BCUT2D eigenvalue weighted by Crippen LogP contribution is -2.14. The molecule has 0 atom stereocenters. The first kappa shape index (κ1) is 15.1. The summed E-state index contributed by atoms with van der Waals surface area (Å²) in [6.45, 7) is 4.33. The van der Waals surface area contributed by atoms with Gasteiger partial charge in [0, 0.05) is 10.6 Å². The molecule has 0 amide bonds. The number of aryl methyl sites for hydroxylation is 2. The Morgan fingerprint density at radius 3 is 1.55 bits per heavy atom. The Morgan fingerprint density at radius 2 is 1.15 bits per heavy atom. The monoisotopic (exact) mass is 286 g/mol. The van der Waals surface area contributed by atoms with Gasteiger partial charge in [0.25, 0.3) is 0 Å². The van der Waals surface area contributed by atoms with E-state index in [4.69, 9.17) is 0 Å². The van der Waals surface area contributed by atoms with Gasteiger partial charge in [-0.05, 0) is 24.0 Å². The molecule has 0 radical (unpaired) electrons. The van der Waals surface area contributed by atoms with Crippen LogP contribution in [-0.2, 0) is 17.4 Å². The summed E-state index contributed by atoms with van der Waals surface area (Å²) in [5, 5.41) is 2.09. The van der Waals surface area contributed by atoms with E-state index in [1.165, 1.54) is 11.1 Å². The molecule has 2 aromatic rings. The van der Waals surface area contributed by atoms with Crippen LogP contribution in [0, 0.1) is 0 Å². The summed E-state index contributed by atoms with van der Waals surface area (Å²) < 4.78 is 13.0. The standard InChI is InChI=1S/C18H23OP/c1-3-9-15-11-5-7-13-17(15)20(19)18-14-8-6-12-16(18)10-4-2/h5-8,11-14,20H,3-4,9-10H2,1-2H3. The first-order valence-electron chi connectivity index (χ1n) is 7.48. The topological polar surface area (TPSA) is 17.1 Å². The zero-order valence-electron chi connectivity index (χ0n) is 12.4. The van der Waals surface area contributed by atoms with Gasteiger partial charge < -0.3 is 4.57 Å². The fraction of sp³-hybridized carbons (Fsp3) is 0.333. The van der Waals surface area contributed by atoms with E-state index in [0.717, 1.165) is 36.3 Å². The molecule has 2 heteroatoms. The molecule has 0 aliphatic heterocycles. The molecule has 0 N–H and O–H groups in total. The molecular formula is C18H23OP. The second-order valence-electron chi connectivity index (χ2n) is 5.14. The molecule has 106 valence electrons. The normalized spacial score (nSPS) is 10.9. The van der Waals surface area contributed by atoms with Crippen molar-refractivity contribution in [3.05, 3.63) is 59.7 Å². The van der Waals surface area contributed by atoms with Crippen LogP contribution in [-0.4, -0.2) is 0 Å². The molecule has 0 aliphatic rings. The van der Waals surface area contributed by atoms with Crippen molar-refractivity contribution in [1.29, 1.82) is 0 Å². The van der Waals surface area contributed by atoms with Crippen molar-refractivity contribution >= 4 is 18.4 Å². The van der Waals surface area contributed by atoms with E-state index in [9.17, 15) is 4.57 Å². The predicted octanol–water partition coefficient (Wildman–Crippen LogP) is 4.10. The van der Waals surface area contributed by atoms with Gasteiger partial charge in [0.1, 0.15) is 7.80 Å². The van der Waals surface area contributed by atoms with E-state index < -0.39 is 7.80 Å². The highest BCUT2D eigenvalue weighted by Crippen LogP contribution is 2.24. The Hall–Kier alpha value is -1.33. The molecule has 0 aliphatic carbocycles. The van der Waals surface area contributed by atoms with Crippen LogP contribution in [0.3, 0.4) is 0 Å². The van der Waals surface area contributed by atoms with Gasteiger partial charge in [-0.3, -0.25) is 0 Å². The van der Waals surface area contributed by atoms with Gasteiger partial charge in [0.2, 0.25) is 0 Å². The Kier molecular flexibility index (Phi) is 5.61. The van der Waals surface area contributed by atoms with Crippen LogP contribution in [0.4, 0.5) is 0 Å². The van der Waals surface area contributed by atoms with Gasteiger partial charge >= 0.3 is 0 Å². The van der Waals surface area contributed by atoms with Crippen LogP contribution >= 0.6 is 7.80 Å². The fourth-order valence-corrected chi connectivity index (χ4v) is 4.39. The van der Waals surface area contributed by atoms with E-state index in [2.05, 4.69) is 26.0 Å². The van der Waals surface area contributed by atoms with Crippen LogP contribution in [0.1, 0.15) is 37.8 Å². The number of hydrogen-bond donors (Lipinski definition) is 0. The minimum Gasteiger partial charge on any atom is -0.317 e. The van der Waals surface area contributed by atoms with E-state index >= 15 is 0 Å². The van der Waals surface area contributed by atoms with Gasteiger partial charge in [-0.25, -0.2) is 0 Å². The van der Waals surface area contributed by atoms with Crippen molar-refractivity contribution in [3.8, 4) is 0 Å². The summed E-state index contributed by atoms with van der Waals surface area (Å²) in [6.07, 6.45) is 4.18. The molecule has 1 nitrogen and oxygen atoms in total. The molecule has 20 heavy (non-hydrogen) atoms. The van der Waals surface area contributed by atoms with Crippen molar-refractivity contribution < 1.29 is 4.57 Å². The highest BCUT2D eigenvalue weighted by atomic mass is 31.1. The largest absolute Gasteiger partial charge is 0.317 e. The minimum atomic E-state index is -1.90. The summed E-state index contributed by atoms with van der Waals surface area (Å²) in [5.74, 6) is 0. The highest BCUT2D eigenvalue weighted by Gasteiger charge is 2.13. The molecular weight excluding hydrogens is 263 g/mol. The molecule has 0 unspecified atom stereocenters. The van der Waals surface area contributed by atoms with E-state index in [1.807, 2.05) is 36.4 Å². The molecule has 0 spiro atoms. The van der Waals surface area contributed by atoms with Crippen LogP contribution < -0.4 is 10.6 Å². The van der Waals surface area contributed by atoms with Crippen LogP contribution in [0.25, 0.3) is 0 Å². The Labute approximate surface area is 122 Å². The van der Waals surface area contributed by atoms with Crippen LogP contribution in [0.2, 0.25) is 0 Å². The molecule has 0 saturated heterocycles. The van der Waals surface area contributed by atoms with Gasteiger partial charge in [0.05, 0.1) is 0 Å². The molecule has 0 aromatic heterocycles. The maximum Gasteiger partial charge on any atom is 0.132 e. The average Bonchev–Trinajstić information content (AvgIpc) is 2.48. The molecule has 2 aromatic carbocycles. The second kappa shape index (κ2) is 7.45. The maximum absolute atomic E-state index is 13.0. The quantitative estimate of drug-likeness (QED) is 0.731. The SMILES string of the molecule is CCCc1ccccc1[PH](=O)c1ccccc1CCC. The third-order valence-electron chi connectivity index (χ3n) is 3.56. The average molecular weight is 286 g/mol. The van der Waals surface area contributed by atoms with Crippen molar-refractivity contribution in [2.45, 2.75) is 39.5 Å². The molecule has 0 fully saturated rings. The van der Waals surface area contributed by atoms with Gasteiger partial charge in [0.15, 0.2) is 0 Å². The summed E-state index contributed by atoms with van der Waals surface area (Å²) in [5.41, 5.74) is 2.48. The first-order chi connectivity index (χ1) is 9.77. The van der Waals surface area contributed by atoms with Crippen molar-refractivity contribution in [3.63, 3.8) is 0 Å². The van der Waals surface area contributed by atoms with E-state index in [-0.39, 0.29) is 0 Å². The Balaban J connectivity index is 2.41. The smallest absolute Gasteiger partial charge is 0.132 e. The maximum atomic E-state index is 13.0. The van der Waals surface area contributed by atoms with Gasteiger partial charge in [-0.1, -0.05) is 75.2 Å². The van der Waals surface area contributed by atoms with Gasteiger partial charge in [-0.15, -0.1) is 0 Å². The lowest BCUT2D eigenvalue weighted by Gasteiger charge is -2.12. The predicted molar refractivity (Wildman–Crippen MR) is 89.1 cm³/mol. The third-order valence-corrected chi connectivity index (χ3v) is 5.52. The van der Waals surface area contributed by atoms with Crippen molar-refractivity contribution in [2.24, 2.45) is 0 Å². The first-order valence-corrected chi connectivity index (χ1v) is 8.89. The third kappa shape index (κ3) is 3.41. The van der Waals surface area contributed by atoms with Crippen molar-refractivity contribution in [1.82, 2.24) is 0 Å². The molecule has 0 bridgehead atoms. The lowest BCUT2D eigenvalue weighted by molar-refractivity contribution is 0.597. The van der Waals surface area contributed by atoms with Crippen molar-refractivity contribution in [2.75, 3.05) is 0 Å². The van der Waals surface area contributed by atoms with Gasteiger partial charge in [-0.2, -0.15) is 0 Å². The summed E-state index contributed by atoms with van der Waals surface area (Å²) in [7, 11) is -1.90. The highest BCUT2D eigenvalue weighted by molar-refractivity contribution is 7.61. The molecule has 0 heterocycles.